The maximum absolute atomic E-state index is 14.8. The molecular formula is C20H27Cl2FN2O6. The first-order valence-corrected chi connectivity index (χ1v) is 10.7. The van der Waals surface area contributed by atoms with Crippen molar-refractivity contribution in [3.05, 3.63) is 33.8 Å². The number of aliphatic carboxylic acids is 2. The third kappa shape index (κ3) is 7.85. The summed E-state index contributed by atoms with van der Waals surface area (Å²) in [6, 6.07) is 5.78. The fourth-order valence-electron chi connectivity index (χ4n) is 3.31. The van der Waals surface area contributed by atoms with Gasteiger partial charge in [0.05, 0.1) is 0 Å². The lowest BCUT2D eigenvalue weighted by atomic mass is 10.0. The van der Waals surface area contributed by atoms with E-state index < -0.39 is 30.4 Å². The normalized spacial score (nSPS) is 19.8. The summed E-state index contributed by atoms with van der Waals surface area (Å²) in [6.07, 6.45) is -1.36. The molecule has 1 aromatic rings. The number of benzene rings is 1. The number of nitrogens with one attached hydrogen (secondary N) is 1. The van der Waals surface area contributed by atoms with Crippen LogP contribution >= 0.6 is 23.2 Å². The first kappa shape index (κ1) is 25.8. The number of carboxylic acids is 2. The molecule has 0 aromatic heterocycles. The minimum absolute atomic E-state index is 0.214. The maximum Gasteiger partial charge on any atom is 0.335 e. The Labute approximate surface area is 189 Å². The van der Waals surface area contributed by atoms with E-state index in [0.717, 1.165) is 44.3 Å². The van der Waals surface area contributed by atoms with E-state index in [1.54, 1.807) is 6.07 Å². The van der Waals surface area contributed by atoms with E-state index in [-0.39, 0.29) is 5.92 Å². The van der Waals surface area contributed by atoms with Crippen LogP contribution in [0.25, 0.3) is 0 Å². The molecule has 0 spiro atoms. The molecule has 5 N–H and O–H groups in total. The van der Waals surface area contributed by atoms with Gasteiger partial charge in [-0.3, -0.25) is 4.90 Å². The smallest absolute Gasteiger partial charge is 0.335 e. The van der Waals surface area contributed by atoms with Crippen molar-refractivity contribution in [3.8, 4) is 0 Å². The zero-order valence-electron chi connectivity index (χ0n) is 16.8. The van der Waals surface area contributed by atoms with Crippen molar-refractivity contribution in [1.82, 2.24) is 10.2 Å². The summed E-state index contributed by atoms with van der Waals surface area (Å²) in [6.45, 7) is 2.50. The molecule has 0 amide bonds. The Morgan fingerprint density at radius 1 is 1.06 bits per heavy atom. The molecule has 1 saturated heterocycles. The summed E-state index contributed by atoms with van der Waals surface area (Å²) in [4.78, 5) is 21.6. The molecule has 1 heterocycles. The molecular weight excluding hydrogens is 454 g/mol. The van der Waals surface area contributed by atoms with Gasteiger partial charge in [-0.2, -0.15) is 0 Å². The Morgan fingerprint density at radius 3 is 2.06 bits per heavy atom. The molecule has 2 aliphatic rings. The molecule has 3 rings (SSSR count). The minimum Gasteiger partial charge on any atom is -0.479 e. The molecule has 8 nitrogen and oxygen atoms in total. The van der Waals surface area contributed by atoms with Gasteiger partial charge < -0.3 is 25.7 Å². The molecule has 1 aliphatic heterocycles. The van der Waals surface area contributed by atoms with Gasteiger partial charge in [-0.1, -0.05) is 29.3 Å². The fourth-order valence-corrected chi connectivity index (χ4v) is 3.78. The third-order valence-corrected chi connectivity index (χ3v) is 5.87. The monoisotopic (exact) mass is 480 g/mol. The fraction of sp³-hybridized carbons (Fsp3) is 0.600. The summed E-state index contributed by atoms with van der Waals surface area (Å²) in [7, 11) is 0. The Hall–Kier alpha value is -1.49. The van der Waals surface area contributed by atoms with Crippen molar-refractivity contribution in [2.75, 3.05) is 13.1 Å². The summed E-state index contributed by atoms with van der Waals surface area (Å²) in [5.41, 5.74) is 0.961. The summed E-state index contributed by atoms with van der Waals surface area (Å²) in [5.74, 6) is -3.32. The van der Waals surface area contributed by atoms with Crippen molar-refractivity contribution < 1.29 is 34.4 Å². The minimum atomic E-state index is -2.27. The van der Waals surface area contributed by atoms with E-state index in [9.17, 15) is 14.0 Å². The van der Waals surface area contributed by atoms with Crippen LogP contribution in [0.2, 0.25) is 10.0 Å². The van der Waals surface area contributed by atoms with Crippen molar-refractivity contribution in [3.63, 3.8) is 0 Å². The number of carboxylic acid groups (broad SMARTS) is 2. The van der Waals surface area contributed by atoms with Crippen LogP contribution in [-0.2, 0) is 16.1 Å². The molecule has 1 aliphatic carbocycles. The maximum atomic E-state index is 14.8. The SMILES string of the molecule is FC(C1CC1)N(Cc1ccc(Cl)cc1Cl)C1CCNCC1.O=C(O)C(O)C(O)C(=O)O. The molecule has 31 heavy (non-hydrogen) atoms. The van der Waals surface area contributed by atoms with E-state index in [2.05, 4.69) is 5.32 Å². The first-order valence-electron chi connectivity index (χ1n) is 9.98. The predicted molar refractivity (Wildman–Crippen MR) is 113 cm³/mol. The predicted octanol–water partition coefficient (Wildman–Crippen LogP) is 2.13. The molecule has 11 heteroatoms. The van der Waals surface area contributed by atoms with Crippen LogP contribution in [0.3, 0.4) is 0 Å². The van der Waals surface area contributed by atoms with Gasteiger partial charge in [0, 0.05) is 28.5 Å². The number of hydrogen-bond donors (Lipinski definition) is 5. The van der Waals surface area contributed by atoms with Gasteiger partial charge in [-0.05, 0) is 56.5 Å². The standard InChI is InChI=1S/C16H21Cl2FN2.C4H6O6/c17-13-4-3-12(15(18)9-13)10-21(16(19)11-1-2-11)14-5-7-20-8-6-14;5-1(3(7)8)2(6)4(9)10/h3-4,9,11,14,16,20H,1-2,5-8,10H2;1-2,5-6H,(H,7,8)(H,9,10). The molecule has 1 aromatic carbocycles. The summed E-state index contributed by atoms with van der Waals surface area (Å²) < 4.78 is 14.8. The number of nitrogens with zero attached hydrogens (tertiary/aromatic N) is 1. The van der Waals surface area contributed by atoms with Crippen LogP contribution in [-0.4, -0.2) is 74.9 Å². The van der Waals surface area contributed by atoms with E-state index in [1.165, 1.54) is 0 Å². The van der Waals surface area contributed by atoms with Gasteiger partial charge in [0.25, 0.3) is 0 Å². The molecule has 3 unspecified atom stereocenters. The second-order valence-corrected chi connectivity index (χ2v) is 8.51. The highest BCUT2D eigenvalue weighted by molar-refractivity contribution is 6.35. The quantitative estimate of drug-likeness (QED) is 0.357. The second-order valence-electron chi connectivity index (χ2n) is 7.67. The van der Waals surface area contributed by atoms with Gasteiger partial charge in [0.2, 0.25) is 0 Å². The number of hydrogen-bond acceptors (Lipinski definition) is 6. The van der Waals surface area contributed by atoms with Gasteiger partial charge >= 0.3 is 11.9 Å². The van der Waals surface area contributed by atoms with Crippen molar-refractivity contribution in [2.45, 2.75) is 56.8 Å². The van der Waals surface area contributed by atoms with Gasteiger partial charge in [-0.25, -0.2) is 14.0 Å². The van der Waals surface area contributed by atoms with E-state index in [4.69, 9.17) is 43.6 Å². The van der Waals surface area contributed by atoms with E-state index in [0.29, 0.717) is 22.6 Å². The highest BCUT2D eigenvalue weighted by Gasteiger charge is 2.38. The van der Waals surface area contributed by atoms with Crippen molar-refractivity contribution in [2.24, 2.45) is 5.92 Å². The van der Waals surface area contributed by atoms with Gasteiger partial charge in [0.15, 0.2) is 18.5 Å². The number of aliphatic hydroxyl groups excluding tert-OH is 2. The Kier molecular flexibility index (Phi) is 9.92. The number of alkyl halides is 1. The lowest BCUT2D eigenvalue weighted by Crippen LogP contribution is -2.47. The molecule has 0 radical (unpaired) electrons. The number of halogens is 3. The van der Waals surface area contributed by atoms with E-state index >= 15 is 0 Å². The third-order valence-electron chi connectivity index (χ3n) is 5.28. The lowest BCUT2D eigenvalue weighted by Gasteiger charge is -2.37. The van der Waals surface area contributed by atoms with Crippen LogP contribution in [0.4, 0.5) is 4.39 Å². The first-order chi connectivity index (χ1) is 14.6. The van der Waals surface area contributed by atoms with Crippen molar-refractivity contribution in [1.29, 1.82) is 0 Å². The molecule has 3 atom stereocenters. The molecule has 0 bridgehead atoms. The summed E-state index contributed by atoms with van der Waals surface area (Å²) >= 11 is 12.2. The van der Waals surface area contributed by atoms with Crippen LogP contribution in [0, 0.1) is 5.92 Å². The van der Waals surface area contributed by atoms with Gasteiger partial charge in [0.1, 0.15) is 0 Å². The highest BCUT2D eigenvalue weighted by Crippen LogP contribution is 2.38. The van der Waals surface area contributed by atoms with Crippen molar-refractivity contribution >= 4 is 35.1 Å². The number of piperidine rings is 1. The second kappa shape index (κ2) is 11.9. The Balaban J connectivity index is 0.000000291. The largest absolute Gasteiger partial charge is 0.479 e. The number of carbonyl (C=O) groups is 2. The molecule has 1 saturated carbocycles. The van der Waals surface area contributed by atoms with Gasteiger partial charge in [-0.15, -0.1) is 0 Å². The average Bonchev–Trinajstić information content (AvgIpc) is 3.58. The average molecular weight is 481 g/mol. The summed E-state index contributed by atoms with van der Waals surface area (Å²) in [5, 5.41) is 37.1. The van der Waals surface area contributed by atoms with Crippen LogP contribution < -0.4 is 5.32 Å². The highest BCUT2D eigenvalue weighted by atomic mass is 35.5. The van der Waals surface area contributed by atoms with E-state index in [1.807, 2.05) is 17.0 Å². The van der Waals surface area contributed by atoms with Crippen LogP contribution in [0.5, 0.6) is 0 Å². The number of rotatable bonds is 8. The zero-order valence-corrected chi connectivity index (χ0v) is 18.3. The topological polar surface area (TPSA) is 130 Å². The number of aliphatic hydroxyl groups is 2. The lowest BCUT2D eigenvalue weighted by molar-refractivity contribution is -0.165. The Bertz CT molecular complexity index is 743. The molecule has 174 valence electrons. The molecule has 2 fully saturated rings. The van der Waals surface area contributed by atoms with Crippen LogP contribution in [0.1, 0.15) is 31.2 Å². The Morgan fingerprint density at radius 2 is 1.61 bits per heavy atom. The van der Waals surface area contributed by atoms with Crippen LogP contribution in [0.15, 0.2) is 18.2 Å². The zero-order chi connectivity index (χ0) is 23.1.